The Hall–Kier alpha value is 0.690. The molecule has 0 aromatic carbocycles. The van der Waals surface area contributed by atoms with Crippen molar-refractivity contribution < 1.29 is 0 Å². The molecule has 0 atom stereocenters. The lowest BCUT2D eigenvalue weighted by atomic mass is 9.92. The summed E-state index contributed by atoms with van der Waals surface area (Å²) in [7, 11) is 0. The molecule has 1 heterocycles. The van der Waals surface area contributed by atoms with Gasteiger partial charge in [-0.1, -0.05) is 22.6 Å². The molecule has 1 nitrogen and oxygen atoms in total. The second kappa shape index (κ2) is 3.60. The van der Waals surface area contributed by atoms with Gasteiger partial charge in [0.05, 0.1) is 0 Å². The Bertz CT molecular complexity index is 126. The first-order valence-electron chi connectivity index (χ1n) is 4.74. The molecule has 2 fully saturated rings. The van der Waals surface area contributed by atoms with Gasteiger partial charge in [0.2, 0.25) is 0 Å². The van der Waals surface area contributed by atoms with Gasteiger partial charge >= 0.3 is 0 Å². The lowest BCUT2D eigenvalue weighted by molar-refractivity contribution is 0.0933. The maximum Gasteiger partial charge on any atom is 0.0111 e. The fourth-order valence-electron chi connectivity index (χ4n) is 2.11. The van der Waals surface area contributed by atoms with Crippen molar-refractivity contribution in [2.75, 3.05) is 13.1 Å². The van der Waals surface area contributed by atoms with Crippen molar-refractivity contribution in [3.63, 3.8) is 0 Å². The lowest BCUT2D eigenvalue weighted by Gasteiger charge is -2.41. The van der Waals surface area contributed by atoms with Crippen LogP contribution in [-0.2, 0) is 0 Å². The van der Waals surface area contributed by atoms with Crippen LogP contribution in [0.4, 0.5) is 0 Å². The molecule has 2 rings (SSSR count). The predicted octanol–water partition coefficient (Wildman–Crippen LogP) is 2.44. The van der Waals surface area contributed by atoms with Gasteiger partial charge in [0, 0.05) is 9.97 Å². The Labute approximate surface area is 82.7 Å². The number of halogens is 1. The molecule has 1 saturated heterocycles. The number of likely N-dealkylation sites (tertiary alicyclic amines) is 1. The van der Waals surface area contributed by atoms with Gasteiger partial charge in [0.25, 0.3) is 0 Å². The molecule has 11 heavy (non-hydrogen) atoms. The topological polar surface area (TPSA) is 3.24 Å². The summed E-state index contributed by atoms with van der Waals surface area (Å²) in [5, 5.41) is 0. The Morgan fingerprint density at radius 3 is 2.09 bits per heavy atom. The number of nitrogens with zero attached hydrogens (tertiary/aromatic N) is 1. The minimum Gasteiger partial charge on any atom is -0.300 e. The van der Waals surface area contributed by atoms with E-state index in [0.717, 1.165) is 9.97 Å². The molecule has 0 unspecified atom stereocenters. The summed E-state index contributed by atoms with van der Waals surface area (Å²) in [6.45, 7) is 2.77. The second-order valence-electron chi connectivity index (χ2n) is 3.80. The molecule has 0 bridgehead atoms. The molecule has 2 aliphatic rings. The van der Waals surface area contributed by atoms with Gasteiger partial charge in [-0.3, -0.25) is 0 Å². The second-order valence-corrected chi connectivity index (χ2v) is 5.56. The minimum atomic E-state index is 0.967. The van der Waals surface area contributed by atoms with Crippen LogP contribution < -0.4 is 0 Å². The van der Waals surface area contributed by atoms with Crippen LogP contribution in [0, 0.1) is 0 Å². The van der Waals surface area contributed by atoms with Gasteiger partial charge < -0.3 is 4.90 Å². The van der Waals surface area contributed by atoms with Crippen LogP contribution >= 0.6 is 22.6 Å². The summed E-state index contributed by atoms with van der Waals surface area (Å²) in [4.78, 5) is 2.67. The first-order chi connectivity index (χ1) is 5.36. The van der Waals surface area contributed by atoms with Crippen molar-refractivity contribution in [1.82, 2.24) is 4.90 Å². The number of alkyl halides is 1. The van der Waals surface area contributed by atoms with E-state index in [1.165, 1.54) is 45.2 Å². The van der Waals surface area contributed by atoms with Crippen molar-refractivity contribution >= 4 is 22.6 Å². The van der Waals surface area contributed by atoms with E-state index in [1.807, 2.05) is 0 Å². The minimum absolute atomic E-state index is 0.967. The molecule has 2 heteroatoms. The molecule has 1 aliphatic heterocycles. The highest BCUT2D eigenvalue weighted by atomic mass is 127. The molecule has 0 amide bonds. The van der Waals surface area contributed by atoms with Crippen LogP contribution in [0.15, 0.2) is 0 Å². The third-order valence-electron chi connectivity index (χ3n) is 3.03. The van der Waals surface area contributed by atoms with E-state index in [-0.39, 0.29) is 0 Å². The van der Waals surface area contributed by atoms with E-state index in [2.05, 4.69) is 27.5 Å². The maximum absolute atomic E-state index is 2.67. The average Bonchev–Trinajstić information content (AvgIpc) is 1.90. The molecule has 1 saturated carbocycles. The highest BCUT2D eigenvalue weighted by Crippen LogP contribution is 2.29. The molecule has 0 aromatic heterocycles. The Balaban J connectivity index is 1.77. The fraction of sp³-hybridized carbons (Fsp3) is 1.00. The SMILES string of the molecule is I[C@H]1CC[C@@H](N2CCC2)CC1. The Kier molecular flexibility index (Phi) is 2.72. The average molecular weight is 265 g/mol. The van der Waals surface area contributed by atoms with Crippen LogP contribution in [0.2, 0.25) is 0 Å². The number of hydrogen-bond donors (Lipinski definition) is 0. The molecular weight excluding hydrogens is 249 g/mol. The molecule has 0 aromatic rings. The van der Waals surface area contributed by atoms with E-state index in [9.17, 15) is 0 Å². The zero-order valence-corrected chi connectivity index (χ0v) is 9.09. The highest BCUT2D eigenvalue weighted by molar-refractivity contribution is 14.1. The summed E-state index contributed by atoms with van der Waals surface area (Å²) in [5.74, 6) is 0. The molecule has 1 aliphatic carbocycles. The fourth-order valence-corrected chi connectivity index (χ4v) is 2.83. The van der Waals surface area contributed by atoms with Gasteiger partial charge in [0.15, 0.2) is 0 Å². The summed E-state index contributed by atoms with van der Waals surface area (Å²) < 4.78 is 0.977. The van der Waals surface area contributed by atoms with E-state index >= 15 is 0 Å². The summed E-state index contributed by atoms with van der Waals surface area (Å²) in [5.41, 5.74) is 0. The van der Waals surface area contributed by atoms with Crippen LogP contribution in [0.3, 0.4) is 0 Å². The predicted molar refractivity (Wildman–Crippen MR) is 56.3 cm³/mol. The number of hydrogen-bond acceptors (Lipinski definition) is 1. The maximum atomic E-state index is 2.67. The Morgan fingerprint density at radius 1 is 1.00 bits per heavy atom. The van der Waals surface area contributed by atoms with Crippen LogP contribution in [0.25, 0.3) is 0 Å². The van der Waals surface area contributed by atoms with Crippen molar-refractivity contribution in [3.8, 4) is 0 Å². The summed E-state index contributed by atoms with van der Waals surface area (Å²) >= 11 is 2.60. The van der Waals surface area contributed by atoms with E-state index in [1.54, 1.807) is 0 Å². The quantitative estimate of drug-likeness (QED) is 0.520. The van der Waals surface area contributed by atoms with Gasteiger partial charge in [0.1, 0.15) is 0 Å². The molecular formula is C9H16IN. The van der Waals surface area contributed by atoms with Gasteiger partial charge in [-0.2, -0.15) is 0 Å². The zero-order valence-electron chi connectivity index (χ0n) is 6.93. The monoisotopic (exact) mass is 265 g/mol. The lowest BCUT2D eigenvalue weighted by Crippen LogP contribution is -2.46. The van der Waals surface area contributed by atoms with E-state index < -0.39 is 0 Å². The van der Waals surface area contributed by atoms with Crippen LogP contribution in [0.5, 0.6) is 0 Å². The van der Waals surface area contributed by atoms with Crippen LogP contribution in [-0.4, -0.2) is 28.0 Å². The molecule has 0 radical (unpaired) electrons. The largest absolute Gasteiger partial charge is 0.300 e. The third-order valence-corrected chi connectivity index (χ3v) is 4.28. The van der Waals surface area contributed by atoms with Crippen molar-refractivity contribution in [3.05, 3.63) is 0 Å². The van der Waals surface area contributed by atoms with Gasteiger partial charge in [-0.15, -0.1) is 0 Å². The first kappa shape index (κ1) is 8.30. The van der Waals surface area contributed by atoms with Crippen molar-refractivity contribution in [2.24, 2.45) is 0 Å². The first-order valence-corrected chi connectivity index (χ1v) is 5.99. The van der Waals surface area contributed by atoms with Crippen molar-refractivity contribution in [1.29, 1.82) is 0 Å². The zero-order chi connectivity index (χ0) is 7.68. The smallest absolute Gasteiger partial charge is 0.0111 e. The number of rotatable bonds is 1. The van der Waals surface area contributed by atoms with Gasteiger partial charge in [-0.05, 0) is 45.2 Å². The summed E-state index contributed by atoms with van der Waals surface area (Å²) in [6, 6.07) is 0.967. The van der Waals surface area contributed by atoms with Crippen LogP contribution in [0.1, 0.15) is 32.1 Å². The molecule has 0 spiro atoms. The molecule has 0 N–H and O–H groups in total. The van der Waals surface area contributed by atoms with E-state index in [4.69, 9.17) is 0 Å². The third kappa shape index (κ3) is 1.89. The van der Waals surface area contributed by atoms with Gasteiger partial charge in [-0.25, -0.2) is 0 Å². The Morgan fingerprint density at radius 2 is 1.64 bits per heavy atom. The summed E-state index contributed by atoms with van der Waals surface area (Å²) in [6.07, 6.45) is 7.30. The standard InChI is InChI=1S/C9H16IN/c10-8-2-4-9(5-3-8)11-6-1-7-11/h8-9H,1-7H2/t8-,9+. The normalized spacial score (nSPS) is 40.1. The molecule has 64 valence electrons. The van der Waals surface area contributed by atoms with E-state index in [0.29, 0.717) is 0 Å². The van der Waals surface area contributed by atoms with Crippen molar-refractivity contribution in [2.45, 2.75) is 42.1 Å². The highest BCUT2D eigenvalue weighted by Gasteiger charge is 2.27.